The van der Waals surface area contributed by atoms with E-state index >= 15 is 0 Å². The minimum absolute atomic E-state index is 0.0897. The number of carbonyl (C=O) groups excluding carboxylic acids is 1. The van der Waals surface area contributed by atoms with Crippen LogP contribution in [0.1, 0.15) is 12.8 Å². The molecule has 1 saturated heterocycles. The van der Waals surface area contributed by atoms with E-state index in [0.717, 1.165) is 25.9 Å². The molecule has 1 aliphatic rings. The van der Waals surface area contributed by atoms with Crippen LogP contribution in [-0.4, -0.2) is 30.5 Å². The third-order valence-electron chi connectivity index (χ3n) is 3.16. The number of halogens is 1. The van der Waals surface area contributed by atoms with Gasteiger partial charge in [0.2, 0.25) is 0 Å². The lowest BCUT2D eigenvalue weighted by Gasteiger charge is -2.12. The third kappa shape index (κ3) is 3.65. The summed E-state index contributed by atoms with van der Waals surface area (Å²) in [6, 6.07) is 4.02. The number of quaternary nitrogens is 1. The van der Waals surface area contributed by atoms with Crippen LogP contribution in [0.5, 0.6) is 0 Å². The van der Waals surface area contributed by atoms with Crippen LogP contribution < -0.4 is 10.2 Å². The van der Waals surface area contributed by atoms with E-state index in [4.69, 9.17) is 11.6 Å². The number of nitrogens with one attached hydrogen (secondary N) is 2. The molecule has 2 N–H and O–H groups in total. The summed E-state index contributed by atoms with van der Waals surface area (Å²) in [5.74, 6) is -0.118. The molecule has 6 nitrogen and oxygen atoms in total. The van der Waals surface area contributed by atoms with Crippen LogP contribution in [-0.2, 0) is 4.79 Å². The second-order valence-electron chi connectivity index (χ2n) is 4.60. The van der Waals surface area contributed by atoms with E-state index in [-0.39, 0.29) is 16.6 Å². The van der Waals surface area contributed by atoms with Crippen LogP contribution in [0.3, 0.4) is 0 Å². The Morgan fingerprint density at radius 2 is 2.11 bits per heavy atom. The van der Waals surface area contributed by atoms with Gasteiger partial charge in [-0.25, -0.2) is 0 Å². The molecular formula is C12H15ClN3O3+. The maximum atomic E-state index is 11.8. The van der Waals surface area contributed by atoms with Crippen LogP contribution in [0, 0.1) is 10.1 Å². The van der Waals surface area contributed by atoms with Crippen LogP contribution in [0.2, 0.25) is 5.02 Å². The number of anilines is 1. The highest BCUT2D eigenvalue weighted by Crippen LogP contribution is 2.26. The molecule has 0 spiro atoms. The molecule has 19 heavy (non-hydrogen) atoms. The topological polar surface area (TPSA) is 76.7 Å². The number of hydrogen-bond acceptors (Lipinski definition) is 3. The molecule has 0 radical (unpaired) electrons. The molecule has 0 bridgehead atoms. The average Bonchev–Trinajstić information content (AvgIpc) is 2.84. The first-order chi connectivity index (χ1) is 9.06. The summed E-state index contributed by atoms with van der Waals surface area (Å²) in [5.41, 5.74) is 0.323. The smallest absolute Gasteiger partial charge is 0.279 e. The fourth-order valence-corrected chi connectivity index (χ4v) is 2.41. The molecule has 0 aliphatic carbocycles. The molecule has 0 saturated carbocycles. The summed E-state index contributed by atoms with van der Waals surface area (Å²) in [5, 5.41) is 13.4. The van der Waals surface area contributed by atoms with Crippen LogP contribution in [0.25, 0.3) is 0 Å². The molecular weight excluding hydrogens is 270 g/mol. The monoisotopic (exact) mass is 284 g/mol. The van der Waals surface area contributed by atoms with Gasteiger partial charge in [0.05, 0.1) is 28.7 Å². The van der Waals surface area contributed by atoms with Crippen molar-refractivity contribution < 1.29 is 14.6 Å². The maximum Gasteiger partial charge on any atom is 0.279 e. The van der Waals surface area contributed by atoms with E-state index in [1.54, 1.807) is 0 Å². The van der Waals surface area contributed by atoms with Gasteiger partial charge in [0.1, 0.15) is 0 Å². The Morgan fingerprint density at radius 1 is 1.42 bits per heavy atom. The summed E-state index contributed by atoms with van der Waals surface area (Å²) in [6.07, 6.45) is 2.31. The molecule has 102 valence electrons. The lowest BCUT2D eigenvalue weighted by molar-refractivity contribution is -0.878. The zero-order valence-corrected chi connectivity index (χ0v) is 11.1. The number of amides is 1. The summed E-state index contributed by atoms with van der Waals surface area (Å²) in [7, 11) is 0. The number of nitro benzene ring substituents is 1. The Balaban J connectivity index is 1.98. The van der Waals surface area contributed by atoms with Gasteiger partial charge < -0.3 is 10.2 Å². The molecule has 7 heteroatoms. The van der Waals surface area contributed by atoms with E-state index in [2.05, 4.69) is 5.32 Å². The molecule has 1 aromatic rings. The van der Waals surface area contributed by atoms with Gasteiger partial charge in [-0.3, -0.25) is 14.9 Å². The van der Waals surface area contributed by atoms with Gasteiger partial charge in [-0.1, -0.05) is 11.6 Å². The highest BCUT2D eigenvalue weighted by Gasteiger charge is 2.19. The maximum absolute atomic E-state index is 11.8. The largest absolute Gasteiger partial charge is 0.327 e. The Hall–Kier alpha value is -1.66. The summed E-state index contributed by atoms with van der Waals surface area (Å²) < 4.78 is 0. The van der Waals surface area contributed by atoms with Crippen molar-refractivity contribution in [2.24, 2.45) is 0 Å². The minimum atomic E-state index is -0.522. The Labute approximate surface area is 115 Å². The van der Waals surface area contributed by atoms with Crippen molar-refractivity contribution in [2.75, 3.05) is 25.0 Å². The number of hydrogen-bond donors (Lipinski definition) is 2. The number of likely N-dealkylation sites (tertiary alicyclic amines) is 1. The lowest BCUT2D eigenvalue weighted by atomic mass is 10.3. The molecule has 1 aliphatic heterocycles. The average molecular weight is 285 g/mol. The van der Waals surface area contributed by atoms with Crippen molar-refractivity contribution in [3.63, 3.8) is 0 Å². The molecule has 1 aromatic carbocycles. The molecule has 1 fully saturated rings. The van der Waals surface area contributed by atoms with Crippen molar-refractivity contribution >= 4 is 28.9 Å². The van der Waals surface area contributed by atoms with Gasteiger partial charge in [-0.05, 0) is 6.07 Å². The first kappa shape index (κ1) is 13.8. The Morgan fingerprint density at radius 3 is 2.68 bits per heavy atom. The molecule has 0 atom stereocenters. The number of rotatable bonds is 4. The third-order valence-corrected chi connectivity index (χ3v) is 3.47. The predicted molar refractivity (Wildman–Crippen MR) is 71.5 cm³/mol. The highest BCUT2D eigenvalue weighted by atomic mass is 35.5. The van der Waals surface area contributed by atoms with Crippen LogP contribution in [0.4, 0.5) is 11.4 Å². The van der Waals surface area contributed by atoms with E-state index in [1.807, 2.05) is 0 Å². The lowest BCUT2D eigenvalue weighted by Crippen LogP contribution is -3.11. The predicted octanol–water partition coefficient (Wildman–Crippen LogP) is 0.865. The Bertz CT molecular complexity index is 501. The summed E-state index contributed by atoms with van der Waals surface area (Å²) >= 11 is 5.91. The van der Waals surface area contributed by atoms with Crippen molar-refractivity contribution in [3.05, 3.63) is 33.3 Å². The highest BCUT2D eigenvalue weighted by molar-refractivity contribution is 6.33. The van der Waals surface area contributed by atoms with Crippen molar-refractivity contribution in [1.29, 1.82) is 0 Å². The number of benzene rings is 1. The quantitative estimate of drug-likeness (QED) is 0.636. The van der Waals surface area contributed by atoms with E-state index in [9.17, 15) is 14.9 Å². The fourth-order valence-electron chi connectivity index (χ4n) is 2.19. The van der Waals surface area contributed by atoms with Gasteiger partial charge in [0, 0.05) is 25.0 Å². The zero-order valence-electron chi connectivity index (χ0n) is 10.3. The van der Waals surface area contributed by atoms with Gasteiger partial charge >= 0.3 is 0 Å². The van der Waals surface area contributed by atoms with Crippen molar-refractivity contribution in [3.8, 4) is 0 Å². The first-order valence-corrected chi connectivity index (χ1v) is 6.51. The van der Waals surface area contributed by atoms with Crippen LogP contribution in [0.15, 0.2) is 18.2 Å². The summed E-state index contributed by atoms with van der Waals surface area (Å²) in [4.78, 5) is 23.1. The molecule has 1 amide bonds. The first-order valence-electron chi connectivity index (χ1n) is 6.13. The van der Waals surface area contributed by atoms with E-state index < -0.39 is 4.92 Å². The number of non-ortho nitro benzene ring substituents is 1. The molecule has 0 unspecified atom stereocenters. The molecule has 2 rings (SSSR count). The standard InChI is InChI=1S/C12H14ClN3O3/c13-10-7-9(16(18)19)3-4-11(10)14-12(17)8-15-5-1-2-6-15/h3-4,7H,1-2,5-6,8H2,(H,14,17)/p+1. The van der Waals surface area contributed by atoms with Gasteiger partial charge in [-0.2, -0.15) is 0 Å². The van der Waals surface area contributed by atoms with E-state index in [0.29, 0.717) is 12.2 Å². The van der Waals surface area contributed by atoms with Crippen molar-refractivity contribution in [1.82, 2.24) is 0 Å². The van der Waals surface area contributed by atoms with Crippen LogP contribution >= 0.6 is 11.6 Å². The zero-order chi connectivity index (χ0) is 13.8. The summed E-state index contributed by atoms with van der Waals surface area (Å²) in [6.45, 7) is 2.44. The molecule has 0 aromatic heterocycles. The number of nitrogens with zero attached hydrogens (tertiary/aromatic N) is 1. The minimum Gasteiger partial charge on any atom is -0.327 e. The van der Waals surface area contributed by atoms with E-state index in [1.165, 1.54) is 23.1 Å². The normalized spacial score (nSPS) is 15.4. The van der Waals surface area contributed by atoms with Crippen molar-refractivity contribution in [2.45, 2.75) is 12.8 Å². The second-order valence-corrected chi connectivity index (χ2v) is 5.01. The number of nitro groups is 1. The molecule has 1 heterocycles. The van der Waals surface area contributed by atoms with Gasteiger partial charge in [0.15, 0.2) is 6.54 Å². The second kappa shape index (κ2) is 5.99. The number of carbonyl (C=O) groups is 1. The fraction of sp³-hybridized carbons (Fsp3) is 0.417. The Kier molecular flexibility index (Phi) is 4.34. The van der Waals surface area contributed by atoms with Gasteiger partial charge in [0.25, 0.3) is 11.6 Å². The SMILES string of the molecule is O=C(C[NH+]1CCCC1)Nc1ccc([N+](=O)[O-])cc1Cl. The van der Waals surface area contributed by atoms with Gasteiger partial charge in [-0.15, -0.1) is 0 Å².